The minimum atomic E-state index is 0.106. The lowest BCUT2D eigenvalue weighted by molar-refractivity contribution is -0.133. The SMILES string of the molecule is CO.COCCc1nc2c(N)nc3ccccc3c2n1CCCN(Cc1ccc(CC=O)cc1)C(=O)CN1CCCC1COC. The van der Waals surface area contributed by atoms with Crippen LogP contribution in [0.5, 0.6) is 0 Å². The highest BCUT2D eigenvalue weighted by Gasteiger charge is 2.28. The predicted molar refractivity (Wildman–Crippen MR) is 176 cm³/mol. The van der Waals surface area contributed by atoms with Crippen LogP contribution in [-0.2, 0) is 45.0 Å². The highest BCUT2D eigenvalue weighted by Crippen LogP contribution is 2.29. The molecule has 45 heavy (non-hydrogen) atoms. The number of aliphatic hydroxyl groups is 1. The van der Waals surface area contributed by atoms with E-state index in [0.717, 1.165) is 72.6 Å². The van der Waals surface area contributed by atoms with Crippen molar-refractivity contribution in [2.45, 2.75) is 51.2 Å². The third-order valence-electron chi connectivity index (χ3n) is 8.29. The van der Waals surface area contributed by atoms with Gasteiger partial charge in [-0.15, -0.1) is 0 Å². The molecule has 0 bridgehead atoms. The van der Waals surface area contributed by atoms with Gasteiger partial charge >= 0.3 is 0 Å². The number of amides is 1. The first-order valence-electron chi connectivity index (χ1n) is 15.5. The zero-order chi connectivity index (χ0) is 32.2. The van der Waals surface area contributed by atoms with Crippen LogP contribution >= 0.6 is 0 Å². The van der Waals surface area contributed by atoms with Gasteiger partial charge in [-0.1, -0.05) is 42.5 Å². The summed E-state index contributed by atoms with van der Waals surface area (Å²) in [5.74, 6) is 1.41. The molecule has 242 valence electrons. The van der Waals surface area contributed by atoms with E-state index in [9.17, 15) is 9.59 Å². The molecular formula is C34H46N6O5. The molecule has 1 fully saturated rings. The van der Waals surface area contributed by atoms with Crippen molar-refractivity contribution in [1.29, 1.82) is 0 Å². The van der Waals surface area contributed by atoms with E-state index in [1.54, 1.807) is 14.2 Å². The maximum absolute atomic E-state index is 13.8. The van der Waals surface area contributed by atoms with Gasteiger partial charge < -0.3 is 34.6 Å². The fourth-order valence-corrected chi connectivity index (χ4v) is 6.10. The Kier molecular flexibility index (Phi) is 12.8. The number of carbonyl (C=O) groups is 2. The number of aliphatic hydroxyl groups excluding tert-OH is 1. The molecule has 2 aromatic heterocycles. The number of anilines is 1. The van der Waals surface area contributed by atoms with Crippen LogP contribution in [-0.4, -0.2) is 102 Å². The van der Waals surface area contributed by atoms with E-state index in [1.165, 1.54) is 0 Å². The molecule has 0 aliphatic carbocycles. The van der Waals surface area contributed by atoms with Gasteiger partial charge in [-0.05, 0) is 43.0 Å². The molecule has 0 radical (unpaired) electrons. The van der Waals surface area contributed by atoms with Gasteiger partial charge in [-0.2, -0.15) is 0 Å². The topological polar surface area (TPSA) is 136 Å². The van der Waals surface area contributed by atoms with E-state index in [0.29, 0.717) is 63.6 Å². The smallest absolute Gasteiger partial charge is 0.237 e. The third-order valence-corrected chi connectivity index (χ3v) is 8.29. The minimum Gasteiger partial charge on any atom is -0.400 e. The second kappa shape index (κ2) is 17.0. The number of fused-ring (bicyclic) bond motifs is 3. The first-order chi connectivity index (χ1) is 22.0. The van der Waals surface area contributed by atoms with Crippen molar-refractivity contribution in [3.8, 4) is 0 Å². The molecule has 0 saturated carbocycles. The highest BCUT2D eigenvalue weighted by atomic mass is 16.5. The monoisotopic (exact) mass is 618 g/mol. The number of methoxy groups -OCH3 is 2. The molecule has 1 unspecified atom stereocenters. The Labute approximate surface area is 264 Å². The Morgan fingerprint density at radius 2 is 1.84 bits per heavy atom. The number of imidazole rings is 1. The summed E-state index contributed by atoms with van der Waals surface area (Å²) >= 11 is 0. The summed E-state index contributed by atoms with van der Waals surface area (Å²) in [5, 5.41) is 8.00. The number of para-hydroxylation sites is 1. The second-order valence-corrected chi connectivity index (χ2v) is 11.2. The van der Waals surface area contributed by atoms with Crippen LogP contribution in [0.25, 0.3) is 21.9 Å². The lowest BCUT2D eigenvalue weighted by atomic mass is 10.1. The zero-order valence-electron chi connectivity index (χ0n) is 26.7. The van der Waals surface area contributed by atoms with E-state index in [-0.39, 0.29) is 11.9 Å². The number of benzene rings is 2. The van der Waals surface area contributed by atoms with Crippen LogP contribution in [0.3, 0.4) is 0 Å². The molecule has 11 heteroatoms. The van der Waals surface area contributed by atoms with Crippen molar-refractivity contribution in [3.63, 3.8) is 0 Å². The average Bonchev–Trinajstić information content (AvgIpc) is 3.66. The number of aryl methyl sites for hydroxylation is 1. The molecule has 4 aromatic rings. The summed E-state index contributed by atoms with van der Waals surface area (Å²) in [7, 11) is 4.40. The number of nitrogens with two attached hydrogens (primary N) is 1. The van der Waals surface area contributed by atoms with Gasteiger partial charge in [-0.3, -0.25) is 9.69 Å². The number of hydrogen-bond donors (Lipinski definition) is 2. The van der Waals surface area contributed by atoms with Crippen molar-refractivity contribution in [3.05, 3.63) is 65.5 Å². The Bertz CT molecular complexity index is 1540. The molecule has 1 atom stereocenters. The lowest BCUT2D eigenvalue weighted by Crippen LogP contribution is -2.43. The number of pyridine rings is 1. The third kappa shape index (κ3) is 8.43. The van der Waals surface area contributed by atoms with Crippen LogP contribution in [0, 0.1) is 0 Å². The number of hydrogen-bond acceptors (Lipinski definition) is 9. The van der Waals surface area contributed by atoms with Crippen molar-refractivity contribution in [2.75, 3.05) is 59.9 Å². The molecule has 0 spiro atoms. The van der Waals surface area contributed by atoms with Crippen LogP contribution in [0.4, 0.5) is 5.82 Å². The molecule has 1 aliphatic heterocycles. The average molecular weight is 619 g/mol. The maximum Gasteiger partial charge on any atom is 0.237 e. The van der Waals surface area contributed by atoms with Crippen LogP contribution < -0.4 is 5.73 Å². The van der Waals surface area contributed by atoms with Gasteiger partial charge in [0.2, 0.25) is 5.91 Å². The molecule has 1 saturated heterocycles. The summed E-state index contributed by atoms with van der Waals surface area (Å²) in [6.07, 6.45) is 4.79. The van der Waals surface area contributed by atoms with Gasteiger partial charge in [0.15, 0.2) is 5.82 Å². The van der Waals surface area contributed by atoms with E-state index in [1.807, 2.05) is 47.4 Å². The van der Waals surface area contributed by atoms with Gasteiger partial charge in [0.1, 0.15) is 17.6 Å². The van der Waals surface area contributed by atoms with Gasteiger partial charge in [0.05, 0.1) is 30.8 Å². The number of aromatic nitrogens is 3. The van der Waals surface area contributed by atoms with Crippen LogP contribution in [0.2, 0.25) is 0 Å². The summed E-state index contributed by atoms with van der Waals surface area (Å²) in [5.41, 5.74) is 10.9. The van der Waals surface area contributed by atoms with E-state index >= 15 is 0 Å². The molecule has 1 aliphatic rings. The number of nitrogen functional groups attached to an aromatic ring is 1. The molecule has 1 amide bonds. The van der Waals surface area contributed by atoms with E-state index < -0.39 is 0 Å². The number of ether oxygens (including phenoxy) is 2. The van der Waals surface area contributed by atoms with Crippen molar-refractivity contribution in [1.82, 2.24) is 24.3 Å². The highest BCUT2D eigenvalue weighted by molar-refractivity contribution is 6.06. The molecule has 3 heterocycles. The van der Waals surface area contributed by atoms with Crippen molar-refractivity contribution < 1.29 is 24.2 Å². The number of aldehydes is 1. The Morgan fingerprint density at radius 3 is 2.58 bits per heavy atom. The van der Waals surface area contributed by atoms with E-state index in [2.05, 4.69) is 20.5 Å². The first kappa shape index (κ1) is 34.0. The standard InChI is InChI=1S/C33H42N6O4.CH4O/c1-42-20-15-29-36-31-32(27-8-3-4-9-28(27)35-33(31)34)39(29)18-6-17-38(21-25-12-10-24(11-13-25)14-19-40)30(41)22-37-16-5-7-26(37)23-43-2;1-2/h3-4,8-13,19,26H,5-7,14-18,20-23H2,1-2H3,(H2,34,35);2H,1H3. The summed E-state index contributed by atoms with van der Waals surface area (Å²) < 4.78 is 13.0. The van der Waals surface area contributed by atoms with Crippen LogP contribution in [0.15, 0.2) is 48.5 Å². The predicted octanol–water partition coefficient (Wildman–Crippen LogP) is 3.24. The van der Waals surface area contributed by atoms with E-state index in [4.69, 9.17) is 25.3 Å². The maximum atomic E-state index is 13.8. The molecular weight excluding hydrogens is 572 g/mol. The number of nitrogens with zero attached hydrogens (tertiary/aromatic N) is 5. The van der Waals surface area contributed by atoms with Gasteiger partial charge in [-0.25, -0.2) is 9.97 Å². The Hall–Kier alpha value is -3.90. The van der Waals surface area contributed by atoms with Crippen molar-refractivity contribution in [2.24, 2.45) is 0 Å². The normalized spacial score (nSPS) is 14.9. The van der Waals surface area contributed by atoms with Crippen molar-refractivity contribution >= 4 is 39.9 Å². The second-order valence-electron chi connectivity index (χ2n) is 11.2. The number of likely N-dealkylation sites (tertiary alicyclic amines) is 1. The van der Waals surface area contributed by atoms with Crippen LogP contribution in [0.1, 0.15) is 36.2 Å². The lowest BCUT2D eigenvalue weighted by Gasteiger charge is -2.28. The number of carbonyl (C=O) groups excluding carboxylic acids is 2. The summed E-state index contributed by atoms with van der Waals surface area (Å²) in [6.45, 7) is 4.20. The Balaban J connectivity index is 0.00000226. The zero-order valence-corrected chi connectivity index (χ0v) is 26.7. The minimum absolute atomic E-state index is 0.106. The molecule has 11 nitrogen and oxygen atoms in total. The van der Waals surface area contributed by atoms with Gasteiger partial charge in [0.25, 0.3) is 0 Å². The molecule has 5 rings (SSSR count). The summed E-state index contributed by atoms with van der Waals surface area (Å²) in [4.78, 5) is 38.4. The largest absolute Gasteiger partial charge is 0.400 e. The first-order valence-corrected chi connectivity index (χ1v) is 15.5. The molecule has 3 N–H and O–H groups in total. The number of rotatable bonds is 15. The fourth-order valence-electron chi connectivity index (χ4n) is 6.10. The fraction of sp³-hybridized carbons (Fsp3) is 0.471. The molecule has 2 aromatic carbocycles. The Morgan fingerprint density at radius 1 is 1.09 bits per heavy atom. The van der Waals surface area contributed by atoms with Gasteiger partial charge in [0, 0.05) is 65.2 Å². The summed E-state index contributed by atoms with van der Waals surface area (Å²) in [6, 6.07) is 16.2. The quantitative estimate of drug-likeness (QED) is 0.193.